The number of aliphatic carboxylic acids is 1. The van der Waals surface area contributed by atoms with E-state index in [9.17, 15) is 27.7 Å². The maximum atomic E-state index is 11.4. The molecule has 0 fully saturated rings. The van der Waals surface area contributed by atoms with Gasteiger partial charge < -0.3 is 19.2 Å². The molecule has 0 spiro atoms. The molecule has 30 heavy (non-hydrogen) atoms. The van der Waals surface area contributed by atoms with Gasteiger partial charge in [-0.3, -0.25) is 4.79 Å². The van der Waals surface area contributed by atoms with Gasteiger partial charge >= 0.3 is 65.1 Å². The summed E-state index contributed by atoms with van der Waals surface area (Å²) in [6.07, 6.45) is 15.8. The topological polar surface area (TPSA) is 124 Å². The van der Waals surface area contributed by atoms with Crippen LogP contribution in [0.3, 0.4) is 0 Å². The molecule has 0 amide bonds. The Kier molecular flexibility index (Phi) is 27.2. The van der Waals surface area contributed by atoms with E-state index < -0.39 is 33.7 Å². The van der Waals surface area contributed by atoms with Crippen LogP contribution < -0.4 is 64.2 Å². The van der Waals surface area contributed by atoms with E-state index in [4.69, 9.17) is 4.74 Å². The van der Waals surface area contributed by atoms with Crippen molar-refractivity contribution in [1.82, 2.24) is 0 Å². The van der Waals surface area contributed by atoms with E-state index in [-0.39, 0.29) is 65.7 Å². The van der Waals surface area contributed by atoms with Crippen molar-refractivity contribution in [2.24, 2.45) is 0 Å². The molecule has 0 heterocycles. The van der Waals surface area contributed by atoms with Crippen LogP contribution in [0.25, 0.3) is 0 Å². The molecule has 166 valence electrons. The summed E-state index contributed by atoms with van der Waals surface area (Å²) in [6, 6.07) is 0. The molecular weight excluding hydrogens is 430 g/mol. The zero-order valence-electron chi connectivity index (χ0n) is 19.2. The summed E-state index contributed by atoms with van der Waals surface area (Å²) in [6.45, 7) is 2.32. The van der Waals surface area contributed by atoms with Gasteiger partial charge in [-0.1, -0.05) is 90.4 Å². The number of hydrogen-bond donors (Lipinski definition) is 0. The fourth-order valence-corrected chi connectivity index (χ4v) is 3.57. The molecule has 7 nitrogen and oxygen atoms in total. The van der Waals surface area contributed by atoms with Crippen molar-refractivity contribution in [3.63, 3.8) is 0 Å². The molecule has 0 saturated carbocycles. The molecule has 0 aromatic rings. The molecule has 1 atom stereocenters. The van der Waals surface area contributed by atoms with Gasteiger partial charge in [0, 0.05) is 0 Å². The van der Waals surface area contributed by atoms with Crippen LogP contribution in [-0.4, -0.2) is 36.8 Å². The third kappa shape index (κ3) is 22.1. The minimum atomic E-state index is -5.13. The summed E-state index contributed by atoms with van der Waals surface area (Å²) in [5, 5.41) is 8.20. The van der Waals surface area contributed by atoms with Crippen molar-refractivity contribution >= 4 is 22.1 Å². The second kappa shape index (κ2) is 23.0. The van der Waals surface area contributed by atoms with Gasteiger partial charge in [-0.05, 0) is 6.42 Å². The first kappa shape index (κ1) is 35.4. The molecule has 0 radical (unpaired) electrons. The number of rotatable bonds is 19. The van der Waals surface area contributed by atoms with E-state index in [1.54, 1.807) is 0 Å². The summed E-state index contributed by atoms with van der Waals surface area (Å²) >= 11 is 0. The fraction of sp³-hybridized carbons (Fsp3) is 0.900. The first-order valence-corrected chi connectivity index (χ1v) is 12.1. The quantitative estimate of drug-likeness (QED) is 0.0864. The standard InChI is InChI=1S/C20H38O7S.2Na/c1-2-3-4-5-6-7-8-9-10-11-12-13-14-15-16-27-19(21)17-18(20(22)23)28(24,25)26;;/h18H,2-17H2,1H3,(H,22,23)(H,24,25,26);;/q;2*+1/p-2. The number of unbranched alkanes of at least 4 members (excludes halogenated alkanes) is 13. The Bertz CT molecular complexity index is 527. The van der Waals surface area contributed by atoms with Gasteiger partial charge in [0.15, 0.2) is 0 Å². The van der Waals surface area contributed by atoms with E-state index in [1.807, 2.05) is 0 Å². The van der Waals surface area contributed by atoms with Crippen molar-refractivity contribution in [3.05, 3.63) is 0 Å². The summed E-state index contributed by atoms with van der Waals surface area (Å²) in [4.78, 5) is 22.0. The summed E-state index contributed by atoms with van der Waals surface area (Å²) < 4.78 is 37.0. The zero-order valence-corrected chi connectivity index (χ0v) is 24.0. The van der Waals surface area contributed by atoms with Crippen molar-refractivity contribution in [2.75, 3.05) is 6.61 Å². The number of hydrogen-bond acceptors (Lipinski definition) is 7. The van der Waals surface area contributed by atoms with Crippen LogP contribution in [0.2, 0.25) is 0 Å². The fourth-order valence-electron chi connectivity index (χ4n) is 3.00. The molecule has 0 saturated heterocycles. The Morgan fingerprint density at radius 1 is 0.767 bits per heavy atom. The van der Waals surface area contributed by atoms with Crippen LogP contribution in [0.1, 0.15) is 103 Å². The molecule has 0 aliphatic heterocycles. The Hall–Kier alpha value is 0.850. The number of carbonyl (C=O) groups excluding carboxylic acids is 2. The monoisotopic (exact) mass is 466 g/mol. The second-order valence-electron chi connectivity index (χ2n) is 7.32. The Balaban J connectivity index is -0.00000364. The molecule has 0 aliphatic carbocycles. The normalized spacial score (nSPS) is 11.8. The van der Waals surface area contributed by atoms with E-state index in [0.29, 0.717) is 6.42 Å². The minimum absolute atomic E-state index is 0. The largest absolute Gasteiger partial charge is 1.00 e. The maximum absolute atomic E-state index is 11.4. The van der Waals surface area contributed by atoms with Crippen molar-refractivity contribution in [2.45, 2.75) is 108 Å². The second-order valence-corrected chi connectivity index (χ2v) is 8.88. The van der Waals surface area contributed by atoms with Gasteiger partial charge in [0.25, 0.3) is 0 Å². The van der Waals surface area contributed by atoms with Gasteiger partial charge in [-0.15, -0.1) is 0 Å². The molecule has 0 aromatic carbocycles. The molecular formula is C20H36Na2O7S. The van der Waals surface area contributed by atoms with Crippen LogP contribution in [-0.2, 0) is 24.4 Å². The SMILES string of the molecule is CCCCCCCCCCCCCCCCOC(=O)CC(C(=O)[O-])S(=O)(=O)[O-].[Na+].[Na+]. The Labute approximate surface area is 226 Å². The van der Waals surface area contributed by atoms with Crippen molar-refractivity contribution < 1.29 is 91.5 Å². The molecule has 0 aliphatic rings. The Morgan fingerprint density at radius 2 is 1.13 bits per heavy atom. The first-order valence-electron chi connectivity index (χ1n) is 10.6. The summed E-state index contributed by atoms with van der Waals surface area (Å²) in [7, 11) is -5.13. The molecule has 0 N–H and O–H groups in total. The predicted molar refractivity (Wildman–Crippen MR) is 104 cm³/mol. The molecule has 0 bridgehead atoms. The van der Waals surface area contributed by atoms with Crippen LogP contribution in [0.4, 0.5) is 0 Å². The van der Waals surface area contributed by atoms with E-state index in [0.717, 1.165) is 19.3 Å². The third-order valence-corrected chi connectivity index (χ3v) is 5.78. The van der Waals surface area contributed by atoms with E-state index in [1.165, 1.54) is 64.2 Å². The zero-order chi connectivity index (χ0) is 21.3. The van der Waals surface area contributed by atoms with Crippen LogP contribution >= 0.6 is 0 Å². The van der Waals surface area contributed by atoms with Gasteiger partial charge in [-0.25, -0.2) is 8.42 Å². The molecule has 0 rings (SSSR count). The maximum Gasteiger partial charge on any atom is 1.00 e. The average molecular weight is 467 g/mol. The Morgan fingerprint density at radius 3 is 1.47 bits per heavy atom. The van der Waals surface area contributed by atoms with E-state index in [2.05, 4.69) is 6.92 Å². The molecule has 0 aromatic heterocycles. The van der Waals surface area contributed by atoms with Gasteiger partial charge in [0.1, 0.15) is 10.1 Å². The molecule has 10 heteroatoms. The summed E-state index contributed by atoms with van der Waals surface area (Å²) in [5.74, 6) is -3.09. The summed E-state index contributed by atoms with van der Waals surface area (Å²) in [5.41, 5.74) is 0. The first-order chi connectivity index (χ1) is 13.3. The van der Waals surface area contributed by atoms with Gasteiger partial charge in [-0.2, -0.15) is 0 Å². The number of ether oxygens (including phenoxy) is 1. The van der Waals surface area contributed by atoms with Crippen LogP contribution in [0.15, 0.2) is 0 Å². The smallest absolute Gasteiger partial charge is 0.747 e. The number of carbonyl (C=O) groups is 2. The van der Waals surface area contributed by atoms with Crippen molar-refractivity contribution in [3.8, 4) is 0 Å². The van der Waals surface area contributed by atoms with Crippen LogP contribution in [0, 0.1) is 0 Å². The van der Waals surface area contributed by atoms with Crippen LogP contribution in [0.5, 0.6) is 0 Å². The van der Waals surface area contributed by atoms with E-state index >= 15 is 0 Å². The third-order valence-electron chi connectivity index (χ3n) is 4.72. The minimum Gasteiger partial charge on any atom is -0.747 e. The number of carboxylic acid groups (broad SMARTS) is 1. The predicted octanol–water partition coefficient (Wildman–Crippen LogP) is -2.93. The molecule has 1 unspecified atom stereocenters. The number of carboxylic acids is 1. The number of esters is 1. The van der Waals surface area contributed by atoms with Gasteiger partial charge in [0.2, 0.25) is 0 Å². The van der Waals surface area contributed by atoms with Gasteiger partial charge in [0.05, 0.1) is 24.2 Å². The van der Waals surface area contributed by atoms with Crippen molar-refractivity contribution in [1.29, 1.82) is 0 Å². The average Bonchev–Trinajstić information content (AvgIpc) is 2.61.